The van der Waals surface area contributed by atoms with Crippen LogP contribution in [0.5, 0.6) is 5.88 Å². The smallest absolute Gasteiger partial charge is 0.289 e. The van der Waals surface area contributed by atoms with Gasteiger partial charge in [-0.15, -0.1) is 0 Å². The largest absolute Gasteiger partial charge is 0.481 e. The predicted octanol–water partition coefficient (Wildman–Crippen LogP) is 1.75. The molecule has 2 aromatic heterocycles. The molecule has 3 rings (SSSR count). The van der Waals surface area contributed by atoms with Gasteiger partial charge in [-0.05, 0) is 39.1 Å². The van der Waals surface area contributed by atoms with E-state index < -0.39 is 0 Å². The first-order valence-electron chi connectivity index (χ1n) is 9.19. The highest BCUT2D eigenvalue weighted by Crippen LogP contribution is 2.22. The zero-order chi connectivity index (χ0) is 19.2. The van der Waals surface area contributed by atoms with E-state index in [0.717, 1.165) is 32.5 Å². The molecule has 1 amide bonds. The molecule has 0 aromatic carbocycles. The number of furan rings is 1. The molecule has 0 spiro atoms. The van der Waals surface area contributed by atoms with Crippen molar-refractivity contribution in [3.63, 3.8) is 0 Å². The number of hydrogen-bond donors (Lipinski definition) is 0. The van der Waals surface area contributed by atoms with E-state index in [1.807, 2.05) is 19.0 Å². The normalized spacial score (nSPS) is 15.2. The van der Waals surface area contributed by atoms with Crippen LogP contribution in [0.1, 0.15) is 23.4 Å². The van der Waals surface area contributed by atoms with Crippen LogP contribution in [0.4, 0.5) is 5.95 Å². The number of methoxy groups -OCH3 is 1. The van der Waals surface area contributed by atoms with Gasteiger partial charge in [-0.25, -0.2) is 4.98 Å². The molecular weight excluding hydrogens is 346 g/mol. The number of carbonyl (C=O) groups is 1. The second kappa shape index (κ2) is 8.85. The molecule has 0 aliphatic carbocycles. The third-order valence-corrected chi connectivity index (χ3v) is 4.80. The fourth-order valence-corrected chi connectivity index (χ4v) is 3.28. The van der Waals surface area contributed by atoms with E-state index in [-0.39, 0.29) is 11.9 Å². The minimum Gasteiger partial charge on any atom is -0.481 e. The van der Waals surface area contributed by atoms with E-state index in [1.54, 1.807) is 37.8 Å². The van der Waals surface area contributed by atoms with E-state index >= 15 is 0 Å². The summed E-state index contributed by atoms with van der Waals surface area (Å²) < 4.78 is 10.5. The molecule has 0 saturated carbocycles. The Bertz CT molecular complexity index is 727. The Morgan fingerprint density at radius 3 is 2.70 bits per heavy atom. The molecule has 27 heavy (non-hydrogen) atoms. The van der Waals surface area contributed by atoms with Crippen molar-refractivity contribution in [1.29, 1.82) is 0 Å². The Hall–Kier alpha value is -2.61. The second-order valence-electron chi connectivity index (χ2n) is 6.90. The standard InChI is InChI=1S/C19H27N5O3/c1-22(2)12-13-24(18(25)16-5-4-14-27-16)15-7-10-23(11-8-15)19-20-9-6-17(21-19)26-3/h4-6,9,14-15H,7-8,10-13H2,1-3H3. The number of likely N-dealkylation sites (N-methyl/N-ethyl adjacent to an activating group) is 1. The van der Waals surface area contributed by atoms with Gasteiger partial charge in [0.25, 0.3) is 5.91 Å². The summed E-state index contributed by atoms with van der Waals surface area (Å²) in [5.41, 5.74) is 0. The first kappa shape index (κ1) is 19.2. The van der Waals surface area contributed by atoms with Crippen molar-refractivity contribution in [2.75, 3.05) is 52.3 Å². The summed E-state index contributed by atoms with van der Waals surface area (Å²) in [6.45, 7) is 3.07. The van der Waals surface area contributed by atoms with Crippen LogP contribution in [0.25, 0.3) is 0 Å². The van der Waals surface area contributed by atoms with Crippen molar-refractivity contribution in [2.45, 2.75) is 18.9 Å². The van der Waals surface area contributed by atoms with E-state index in [9.17, 15) is 4.79 Å². The van der Waals surface area contributed by atoms with Gasteiger partial charge in [-0.2, -0.15) is 4.98 Å². The zero-order valence-electron chi connectivity index (χ0n) is 16.2. The quantitative estimate of drug-likeness (QED) is 0.732. The molecule has 0 radical (unpaired) electrons. The van der Waals surface area contributed by atoms with Crippen LogP contribution in [0.15, 0.2) is 35.1 Å². The highest BCUT2D eigenvalue weighted by atomic mass is 16.5. The third kappa shape index (κ3) is 4.77. The molecule has 146 valence electrons. The van der Waals surface area contributed by atoms with Crippen molar-refractivity contribution in [2.24, 2.45) is 0 Å². The zero-order valence-corrected chi connectivity index (χ0v) is 16.2. The number of piperidine rings is 1. The van der Waals surface area contributed by atoms with Crippen LogP contribution < -0.4 is 9.64 Å². The maximum Gasteiger partial charge on any atom is 0.289 e. The number of hydrogen-bond acceptors (Lipinski definition) is 7. The number of nitrogens with zero attached hydrogens (tertiary/aromatic N) is 5. The molecule has 8 nitrogen and oxygen atoms in total. The van der Waals surface area contributed by atoms with Crippen molar-refractivity contribution in [3.05, 3.63) is 36.4 Å². The summed E-state index contributed by atoms with van der Waals surface area (Å²) in [5.74, 6) is 1.58. The fraction of sp³-hybridized carbons (Fsp3) is 0.526. The lowest BCUT2D eigenvalue weighted by Crippen LogP contribution is -2.49. The summed E-state index contributed by atoms with van der Waals surface area (Å²) in [7, 11) is 5.62. The molecule has 1 aliphatic heterocycles. The lowest BCUT2D eigenvalue weighted by Gasteiger charge is -2.38. The summed E-state index contributed by atoms with van der Waals surface area (Å²) in [4.78, 5) is 27.8. The van der Waals surface area contributed by atoms with Crippen LogP contribution in [0, 0.1) is 0 Å². The SMILES string of the molecule is COc1ccnc(N2CCC(N(CCN(C)C)C(=O)c3ccco3)CC2)n1. The lowest BCUT2D eigenvalue weighted by atomic mass is 10.0. The van der Waals surface area contributed by atoms with Gasteiger partial charge in [0, 0.05) is 44.5 Å². The van der Waals surface area contributed by atoms with E-state index in [2.05, 4.69) is 19.8 Å². The first-order valence-corrected chi connectivity index (χ1v) is 9.19. The van der Waals surface area contributed by atoms with Crippen LogP contribution in [-0.4, -0.2) is 79.1 Å². The Morgan fingerprint density at radius 1 is 1.30 bits per heavy atom. The number of anilines is 1. The lowest BCUT2D eigenvalue weighted by molar-refractivity contribution is 0.0602. The molecule has 0 atom stereocenters. The maximum absolute atomic E-state index is 12.9. The minimum absolute atomic E-state index is 0.0436. The number of aromatic nitrogens is 2. The highest BCUT2D eigenvalue weighted by Gasteiger charge is 2.30. The van der Waals surface area contributed by atoms with Crippen LogP contribution in [0.2, 0.25) is 0 Å². The van der Waals surface area contributed by atoms with Crippen LogP contribution in [0.3, 0.4) is 0 Å². The number of amides is 1. The Morgan fingerprint density at radius 2 is 2.07 bits per heavy atom. The predicted molar refractivity (Wildman–Crippen MR) is 102 cm³/mol. The Kier molecular flexibility index (Phi) is 6.28. The summed E-state index contributed by atoms with van der Waals surface area (Å²) in [5, 5.41) is 0. The molecule has 1 aliphatic rings. The van der Waals surface area contributed by atoms with Crippen molar-refractivity contribution < 1.29 is 13.9 Å². The van der Waals surface area contributed by atoms with Gasteiger partial charge in [-0.1, -0.05) is 0 Å². The van der Waals surface area contributed by atoms with Gasteiger partial charge in [-0.3, -0.25) is 4.79 Å². The molecule has 1 fully saturated rings. The Balaban J connectivity index is 1.67. The third-order valence-electron chi connectivity index (χ3n) is 4.80. The molecule has 1 saturated heterocycles. The molecule has 2 aromatic rings. The average molecular weight is 373 g/mol. The topological polar surface area (TPSA) is 74.9 Å². The molecule has 0 bridgehead atoms. The molecule has 0 unspecified atom stereocenters. The van der Waals surface area contributed by atoms with Gasteiger partial charge < -0.3 is 23.9 Å². The molecule has 8 heteroatoms. The number of carbonyl (C=O) groups excluding carboxylic acids is 1. The maximum atomic E-state index is 12.9. The molecule has 3 heterocycles. The first-order chi connectivity index (χ1) is 13.1. The van der Waals surface area contributed by atoms with Crippen molar-refractivity contribution >= 4 is 11.9 Å². The highest BCUT2D eigenvalue weighted by molar-refractivity contribution is 5.91. The minimum atomic E-state index is -0.0436. The van der Waals surface area contributed by atoms with E-state index in [4.69, 9.17) is 9.15 Å². The van der Waals surface area contributed by atoms with Crippen LogP contribution in [-0.2, 0) is 0 Å². The number of rotatable bonds is 7. The van der Waals surface area contributed by atoms with Crippen molar-refractivity contribution in [3.8, 4) is 5.88 Å². The fourth-order valence-electron chi connectivity index (χ4n) is 3.28. The summed E-state index contributed by atoms with van der Waals surface area (Å²) in [6, 6.07) is 5.38. The molecular formula is C19H27N5O3. The summed E-state index contributed by atoms with van der Waals surface area (Å²) in [6.07, 6.45) is 4.97. The van der Waals surface area contributed by atoms with Gasteiger partial charge in [0.15, 0.2) is 5.76 Å². The van der Waals surface area contributed by atoms with E-state index in [0.29, 0.717) is 24.1 Å². The van der Waals surface area contributed by atoms with Gasteiger partial charge in [0.2, 0.25) is 11.8 Å². The van der Waals surface area contributed by atoms with Gasteiger partial charge in [0.05, 0.1) is 13.4 Å². The van der Waals surface area contributed by atoms with Gasteiger partial charge >= 0.3 is 0 Å². The Labute approximate surface area is 159 Å². The van der Waals surface area contributed by atoms with E-state index in [1.165, 1.54) is 0 Å². The number of ether oxygens (including phenoxy) is 1. The second-order valence-corrected chi connectivity index (χ2v) is 6.90. The average Bonchev–Trinajstić information content (AvgIpc) is 3.23. The molecule has 0 N–H and O–H groups in total. The van der Waals surface area contributed by atoms with Crippen molar-refractivity contribution in [1.82, 2.24) is 19.8 Å². The monoisotopic (exact) mass is 373 g/mol. The summed E-state index contributed by atoms with van der Waals surface area (Å²) >= 11 is 0. The van der Waals surface area contributed by atoms with Gasteiger partial charge in [0.1, 0.15) is 0 Å². The van der Waals surface area contributed by atoms with Crippen LogP contribution >= 0.6 is 0 Å².